The van der Waals surface area contributed by atoms with Gasteiger partial charge in [-0.3, -0.25) is 9.59 Å². The molecule has 0 bridgehead atoms. The molecule has 26 heavy (non-hydrogen) atoms. The van der Waals surface area contributed by atoms with Crippen LogP contribution in [0.5, 0.6) is 5.75 Å². The number of para-hydroxylation sites is 3. The van der Waals surface area contributed by atoms with Gasteiger partial charge in [-0.25, -0.2) is 4.98 Å². The number of benzene rings is 2. The number of hydrogen-bond donors (Lipinski definition) is 1. The highest BCUT2D eigenvalue weighted by Gasteiger charge is 2.14. The van der Waals surface area contributed by atoms with Gasteiger partial charge in [0.2, 0.25) is 0 Å². The van der Waals surface area contributed by atoms with Crippen LogP contribution in [0.4, 0.5) is 0 Å². The lowest BCUT2D eigenvalue weighted by Crippen LogP contribution is -2.39. The molecular weight excluding hydrogens is 330 g/mol. The lowest BCUT2D eigenvalue weighted by molar-refractivity contribution is -0.127. The molecule has 1 heterocycles. The first-order valence-electron chi connectivity index (χ1n) is 8.52. The fourth-order valence-electron chi connectivity index (χ4n) is 2.73. The molecule has 6 nitrogen and oxygen atoms in total. The second-order valence-corrected chi connectivity index (χ2v) is 6.01. The topological polar surface area (TPSA) is 73.2 Å². The first kappa shape index (κ1) is 17.7. The van der Waals surface area contributed by atoms with Gasteiger partial charge < -0.3 is 14.6 Å². The number of nitrogens with one attached hydrogen (secondary N) is 1. The summed E-state index contributed by atoms with van der Waals surface area (Å²) >= 11 is 0. The Morgan fingerprint density at radius 1 is 1.15 bits per heavy atom. The molecule has 0 unspecified atom stereocenters. The Labute approximate surface area is 151 Å². The molecule has 0 fully saturated rings. The summed E-state index contributed by atoms with van der Waals surface area (Å²) < 4.78 is 7.24. The number of aryl methyl sites for hydroxylation is 1. The van der Waals surface area contributed by atoms with Crippen molar-refractivity contribution >= 4 is 16.9 Å². The Morgan fingerprint density at radius 3 is 2.62 bits per heavy atom. The largest absolute Gasteiger partial charge is 0.481 e. The van der Waals surface area contributed by atoms with Gasteiger partial charge in [-0.05, 0) is 38.1 Å². The molecule has 0 saturated heterocycles. The molecule has 1 atom stereocenters. The summed E-state index contributed by atoms with van der Waals surface area (Å²) in [5.74, 6) is 0.416. The van der Waals surface area contributed by atoms with E-state index in [0.717, 1.165) is 11.0 Å². The Morgan fingerprint density at radius 2 is 1.85 bits per heavy atom. The first-order valence-corrected chi connectivity index (χ1v) is 8.52. The molecule has 2 aromatic carbocycles. The van der Waals surface area contributed by atoms with Crippen molar-refractivity contribution in [1.82, 2.24) is 14.9 Å². The van der Waals surface area contributed by atoms with Crippen molar-refractivity contribution in [2.75, 3.05) is 6.54 Å². The van der Waals surface area contributed by atoms with Crippen molar-refractivity contribution in [2.24, 2.45) is 0 Å². The van der Waals surface area contributed by atoms with Crippen molar-refractivity contribution < 1.29 is 9.53 Å². The SMILES string of the molecule is Cc1nc2ccccc2n(CCNC(=O)[C@H](C)Oc2ccccc2)c1=O. The van der Waals surface area contributed by atoms with E-state index < -0.39 is 6.10 Å². The van der Waals surface area contributed by atoms with E-state index in [1.165, 1.54) is 0 Å². The average molecular weight is 351 g/mol. The van der Waals surface area contributed by atoms with Gasteiger partial charge in [0.05, 0.1) is 11.0 Å². The van der Waals surface area contributed by atoms with E-state index in [-0.39, 0.29) is 11.5 Å². The van der Waals surface area contributed by atoms with Gasteiger partial charge >= 0.3 is 0 Å². The highest BCUT2D eigenvalue weighted by molar-refractivity contribution is 5.80. The lowest BCUT2D eigenvalue weighted by Gasteiger charge is -2.16. The molecule has 0 aliphatic carbocycles. The molecule has 1 N–H and O–H groups in total. The molecule has 3 rings (SSSR count). The number of amides is 1. The Kier molecular flexibility index (Phi) is 5.31. The molecule has 0 aliphatic heterocycles. The average Bonchev–Trinajstić information content (AvgIpc) is 2.65. The Balaban J connectivity index is 1.65. The summed E-state index contributed by atoms with van der Waals surface area (Å²) in [4.78, 5) is 28.9. The minimum atomic E-state index is -0.620. The van der Waals surface area contributed by atoms with E-state index in [1.807, 2.05) is 42.5 Å². The van der Waals surface area contributed by atoms with E-state index in [2.05, 4.69) is 10.3 Å². The highest BCUT2D eigenvalue weighted by atomic mass is 16.5. The van der Waals surface area contributed by atoms with Crippen LogP contribution >= 0.6 is 0 Å². The molecule has 0 aliphatic rings. The summed E-state index contributed by atoms with van der Waals surface area (Å²) in [6, 6.07) is 16.7. The monoisotopic (exact) mass is 351 g/mol. The van der Waals surface area contributed by atoms with Gasteiger partial charge in [-0.15, -0.1) is 0 Å². The lowest BCUT2D eigenvalue weighted by atomic mass is 10.2. The van der Waals surface area contributed by atoms with E-state index in [0.29, 0.717) is 24.5 Å². The zero-order valence-electron chi connectivity index (χ0n) is 14.8. The quantitative estimate of drug-likeness (QED) is 0.739. The summed E-state index contributed by atoms with van der Waals surface area (Å²) in [6.07, 6.45) is -0.620. The summed E-state index contributed by atoms with van der Waals surface area (Å²) in [5.41, 5.74) is 1.81. The zero-order chi connectivity index (χ0) is 18.5. The third kappa shape index (κ3) is 3.91. The smallest absolute Gasteiger partial charge is 0.272 e. The molecule has 0 saturated carbocycles. The fraction of sp³-hybridized carbons (Fsp3) is 0.250. The van der Waals surface area contributed by atoms with Crippen LogP contribution < -0.4 is 15.6 Å². The van der Waals surface area contributed by atoms with Crippen LogP contribution in [0.25, 0.3) is 11.0 Å². The van der Waals surface area contributed by atoms with Crippen molar-refractivity contribution in [2.45, 2.75) is 26.5 Å². The van der Waals surface area contributed by atoms with Gasteiger partial charge in [-0.1, -0.05) is 30.3 Å². The van der Waals surface area contributed by atoms with Crippen LogP contribution in [0, 0.1) is 6.92 Å². The molecule has 6 heteroatoms. The van der Waals surface area contributed by atoms with Crippen molar-refractivity contribution in [3.8, 4) is 5.75 Å². The number of aromatic nitrogens is 2. The molecule has 1 amide bonds. The molecule has 1 aromatic heterocycles. The first-order chi connectivity index (χ1) is 12.6. The second-order valence-electron chi connectivity index (χ2n) is 6.01. The minimum absolute atomic E-state index is 0.147. The Bertz CT molecular complexity index is 967. The third-order valence-electron chi connectivity index (χ3n) is 4.08. The second kappa shape index (κ2) is 7.82. The molecule has 0 spiro atoms. The van der Waals surface area contributed by atoms with Crippen LogP contribution in [-0.2, 0) is 11.3 Å². The maximum absolute atomic E-state index is 12.4. The third-order valence-corrected chi connectivity index (χ3v) is 4.08. The van der Waals surface area contributed by atoms with Crippen molar-refractivity contribution in [3.05, 3.63) is 70.6 Å². The highest BCUT2D eigenvalue weighted by Crippen LogP contribution is 2.11. The minimum Gasteiger partial charge on any atom is -0.481 e. The molecular formula is C20H21N3O3. The number of nitrogens with zero attached hydrogens (tertiary/aromatic N) is 2. The van der Waals surface area contributed by atoms with Gasteiger partial charge in [0.25, 0.3) is 11.5 Å². The molecule has 134 valence electrons. The zero-order valence-corrected chi connectivity index (χ0v) is 14.8. The van der Waals surface area contributed by atoms with Crippen molar-refractivity contribution in [1.29, 1.82) is 0 Å². The Hall–Kier alpha value is -3.15. The van der Waals surface area contributed by atoms with Gasteiger partial charge in [-0.2, -0.15) is 0 Å². The van der Waals surface area contributed by atoms with E-state index in [1.54, 1.807) is 30.5 Å². The summed E-state index contributed by atoms with van der Waals surface area (Å²) in [7, 11) is 0. The number of hydrogen-bond acceptors (Lipinski definition) is 4. The summed E-state index contributed by atoms with van der Waals surface area (Å²) in [5, 5.41) is 2.82. The van der Waals surface area contributed by atoms with Gasteiger partial charge in [0, 0.05) is 13.1 Å². The standard InChI is InChI=1S/C20H21N3O3/c1-14-20(25)23(18-11-7-6-10-17(18)22-14)13-12-21-19(24)15(2)26-16-8-4-3-5-9-16/h3-11,15H,12-13H2,1-2H3,(H,21,24)/t15-/m0/s1. The number of carbonyl (C=O) groups is 1. The van der Waals surface area contributed by atoms with E-state index in [4.69, 9.17) is 4.74 Å². The van der Waals surface area contributed by atoms with Gasteiger partial charge in [0.1, 0.15) is 11.4 Å². The number of ether oxygens (including phenoxy) is 1. The molecule has 0 radical (unpaired) electrons. The fourth-order valence-corrected chi connectivity index (χ4v) is 2.73. The predicted molar refractivity (Wildman–Crippen MR) is 100 cm³/mol. The van der Waals surface area contributed by atoms with Crippen LogP contribution in [0.15, 0.2) is 59.4 Å². The molecule has 3 aromatic rings. The number of fused-ring (bicyclic) bond motifs is 1. The van der Waals surface area contributed by atoms with Gasteiger partial charge in [0.15, 0.2) is 6.10 Å². The van der Waals surface area contributed by atoms with E-state index in [9.17, 15) is 9.59 Å². The maximum Gasteiger partial charge on any atom is 0.272 e. The van der Waals surface area contributed by atoms with Crippen molar-refractivity contribution in [3.63, 3.8) is 0 Å². The van der Waals surface area contributed by atoms with Crippen LogP contribution in [0.1, 0.15) is 12.6 Å². The maximum atomic E-state index is 12.4. The van der Waals surface area contributed by atoms with Crippen LogP contribution in [0.3, 0.4) is 0 Å². The predicted octanol–water partition coefficient (Wildman–Crippen LogP) is 2.29. The number of carbonyl (C=O) groups excluding carboxylic acids is 1. The van der Waals surface area contributed by atoms with Crippen LogP contribution in [-0.4, -0.2) is 28.1 Å². The van der Waals surface area contributed by atoms with E-state index >= 15 is 0 Å². The summed E-state index contributed by atoms with van der Waals surface area (Å²) in [6.45, 7) is 4.08. The number of rotatable bonds is 6. The normalized spacial score (nSPS) is 11.9. The van der Waals surface area contributed by atoms with Crippen LogP contribution in [0.2, 0.25) is 0 Å².